The molecule has 0 amide bonds. The Hall–Kier alpha value is -2.17. The van der Waals surface area contributed by atoms with Crippen LogP contribution in [0.4, 0.5) is 4.39 Å². The molecule has 0 spiro atoms. The summed E-state index contributed by atoms with van der Waals surface area (Å²) in [7, 11) is 1.31. The number of carbonyl (C=O) groups is 1. The molecule has 0 unspecified atom stereocenters. The number of hydrogen-bond acceptors (Lipinski definition) is 3. The molecule has 0 saturated carbocycles. The lowest BCUT2D eigenvalue weighted by Crippen LogP contribution is -2.11. The van der Waals surface area contributed by atoms with Crippen LogP contribution in [-0.2, 0) is 16.1 Å². The smallest absolute Gasteiger partial charge is 0.307 e. The SMILES string of the molecule is COC(=O)CCn1ccc(=O)c2ccc(F)cc21. The average molecular weight is 249 g/mol. The summed E-state index contributed by atoms with van der Waals surface area (Å²) >= 11 is 0. The number of rotatable bonds is 3. The second-order valence-corrected chi connectivity index (χ2v) is 3.86. The Morgan fingerprint density at radius 3 is 2.89 bits per heavy atom. The Morgan fingerprint density at radius 1 is 1.39 bits per heavy atom. The number of halogens is 1. The number of pyridine rings is 1. The highest BCUT2D eigenvalue weighted by atomic mass is 19.1. The average Bonchev–Trinajstić information content (AvgIpc) is 2.37. The fraction of sp³-hybridized carbons (Fsp3) is 0.231. The van der Waals surface area contributed by atoms with Crippen LogP contribution in [0.3, 0.4) is 0 Å². The lowest BCUT2D eigenvalue weighted by atomic mass is 10.2. The van der Waals surface area contributed by atoms with E-state index >= 15 is 0 Å². The Bertz CT molecular complexity index is 648. The largest absolute Gasteiger partial charge is 0.469 e. The first-order chi connectivity index (χ1) is 8.61. The lowest BCUT2D eigenvalue weighted by Gasteiger charge is -2.09. The molecule has 1 aromatic heterocycles. The highest BCUT2D eigenvalue weighted by Crippen LogP contribution is 2.12. The van der Waals surface area contributed by atoms with Crippen molar-refractivity contribution in [2.24, 2.45) is 0 Å². The Balaban J connectivity index is 2.44. The van der Waals surface area contributed by atoms with Gasteiger partial charge in [-0.25, -0.2) is 4.39 Å². The number of methoxy groups -OCH3 is 1. The molecular weight excluding hydrogens is 237 g/mol. The van der Waals surface area contributed by atoms with E-state index in [-0.39, 0.29) is 17.8 Å². The fourth-order valence-electron chi connectivity index (χ4n) is 1.79. The van der Waals surface area contributed by atoms with E-state index in [9.17, 15) is 14.0 Å². The first-order valence-electron chi connectivity index (χ1n) is 5.47. The number of carbonyl (C=O) groups excluding carboxylic acids is 1. The standard InChI is InChI=1S/C13H12FNO3/c1-18-13(17)5-7-15-6-4-12(16)10-3-2-9(14)8-11(10)15/h2-4,6,8H,5,7H2,1H3. The van der Waals surface area contributed by atoms with Gasteiger partial charge in [0.15, 0.2) is 5.43 Å². The van der Waals surface area contributed by atoms with Gasteiger partial charge in [-0.05, 0) is 18.2 Å². The van der Waals surface area contributed by atoms with Crippen LogP contribution in [0.25, 0.3) is 10.9 Å². The molecule has 5 heteroatoms. The summed E-state index contributed by atoms with van der Waals surface area (Å²) in [5.74, 6) is -0.766. The summed E-state index contributed by atoms with van der Waals surface area (Å²) in [6.45, 7) is 0.340. The maximum Gasteiger partial charge on any atom is 0.307 e. The van der Waals surface area contributed by atoms with Gasteiger partial charge in [0.05, 0.1) is 19.0 Å². The van der Waals surface area contributed by atoms with Crippen molar-refractivity contribution in [3.63, 3.8) is 0 Å². The normalized spacial score (nSPS) is 10.6. The van der Waals surface area contributed by atoms with Crippen molar-refractivity contribution in [1.82, 2.24) is 4.57 Å². The minimum atomic E-state index is -0.417. The predicted octanol–water partition coefficient (Wildman–Crippen LogP) is 1.70. The number of hydrogen-bond donors (Lipinski definition) is 0. The second kappa shape index (κ2) is 5.00. The third kappa shape index (κ3) is 2.40. The van der Waals surface area contributed by atoms with E-state index in [0.29, 0.717) is 17.4 Å². The van der Waals surface area contributed by atoms with Crippen molar-refractivity contribution in [2.45, 2.75) is 13.0 Å². The highest BCUT2D eigenvalue weighted by molar-refractivity contribution is 5.79. The predicted molar refractivity (Wildman–Crippen MR) is 64.8 cm³/mol. The molecule has 1 aromatic carbocycles. The van der Waals surface area contributed by atoms with Crippen molar-refractivity contribution in [1.29, 1.82) is 0 Å². The van der Waals surface area contributed by atoms with E-state index < -0.39 is 5.82 Å². The molecule has 0 aliphatic carbocycles. The number of esters is 1. The fourth-order valence-corrected chi connectivity index (χ4v) is 1.79. The van der Waals surface area contributed by atoms with Gasteiger partial charge < -0.3 is 9.30 Å². The van der Waals surface area contributed by atoms with Crippen molar-refractivity contribution >= 4 is 16.9 Å². The number of ether oxygens (including phenoxy) is 1. The molecule has 18 heavy (non-hydrogen) atoms. The molecule has 0 atom stereocenters. The molecule has 1 heterocycles. The van der Waals surface area contributed by atoms with Gasteiger partial charge in [0, 0.05) is 24.2 Å². The van der Waals surface area contributed by atoms with Crippen LogP contribution in [0.2, 0.25) is 0 Å². The number of nitrogens with zero attached hydrogens (tertiary/aromatic N) is 1. The van der Waals surface area contributed by atoms with E-state index in [2.05, 4.69) is 4.74 Å². The summed E-state index contributed by atoms with van der Waals surface area (Å²) in [6.07, 6.45) is 1.72. The van der Waals surface area contributed by atoms with Gasteiger partial charge in [0.2, 0.25) is 0 Å². The molecule has 0 fully saturated rings. The molecule has 0 aliphatic heterocycles. The zero-order valence-corrected chi connectivity index (χ0v) is 9.85. The zero-order chi connectivity index (χ0) is 13.1. The lowest BCUT2D eigenvalue weighted by molar-refractivity contribution is -0.140. The maximum absolute atomic E-state index is 13.2. The molecule has 0 bridgehead atoms. The third-order valence-corrected chi connectivity index (χ3v) is 2.73. The van der Waals surface area contributed by atoms with Crippen LogP contribution < -0.4 is 5.43 Å². The van der Waals surface area contributed by atoms with Crippen LogP contribution in [0.1, 0.15) is 6.42 Å². The number of aromatic nitrogens is 1. The van der Waals surface area contributed by atoms with Crippen LogP contribution >= 0.6 is 0 Å². The van der Waals surface area contributed by atoms with Gasteiger partial charge in [-0.1, -0.05) is 0 Å². The summed E-state index contributed by atoms with van der Waals surface area (Å²) < 4.78 is 19.4. The van der Waals surface area contributed by atoms with Crippen LogP contribution in [0.15, 0.2) is 35.3 Å². The van der Waals surface area contributed by atoms with E-state index in [0.717, 1.165) is 0 Å². The van der Waals surface area contributed by atoms with Gasteiger partial charge in [0.25, 0.3) is 0 Å². The van der Waals surface area contributed by atoms with Crippen LogP contribution in [-0.4, -0.2) is 17.6 Å². The Labute approximate surface area is 103 Å². The van der Waals surface area contributed by atoms with E-state index in [1.165, 1.54) is 31.4 Å². The van der Waals surface area contributed by atoms with Crippen LogP contribution in [0.5, 0.6) is 0 Å². The molecule has 0 radical (unpaired) electrons. The highest BCUT2D eigenvalue weighted by Gasteiger charge is 2.06. The van der Waals surface area contributed by atoms with Crippen molar-refractivity contribution in [2.75, 3.05) is 7.11 Å². The van der Waals surface area contributed by atoms with Crippen molar-refractivity contribution in [3.8, 4) is 0 Å². The minimum absolute atomic E-state index is 0.167. The summed E-state index contributed by atoms with van der Waals surface area (Å²) in [6, 6.07) is 5.38. The van der Waals surface area contributed by atoms with Gasteiger partial charge in [-0.15, -0.1) is 0 Å². The molecule has 2 rings (SSSR count). The zero-order valence-electron chi connectivity index (χ0n) is 9.85. The van der Waals surface area contributed by atoms with E-state index in [4.69, 9.17) is 0 Å². The van der Waals surface area contributed by atoms with Gasteiger partial charge >= 0.3 is 5.97 Å². The monoisotopic (exact) mass is 249 g/mol. The maximum atomic E-state index is 13.2. The third-order valence-electron chi connectivity index (χ3n) is 2.73. The quantitative estimate of drug-likeness (QED) is 0.778. The van der Waals surface area contributed by atoms with Crippen LogP contribution in [0, 0.1) is 5.82 Å². The van der Waals surface area contributed by atoms with E-state index in [1.54, 1.807) is 10.8 Å². The first-order valence-corrected chi connectivity index (χ1v) is 5.47. The molecule has 0 aliphatic rings. The molecule has 4 nitrogen and oxygen atoms in total. The number of benzene rings is 1. The van der Waals surface area contributed by atoms with Crippen molar-refractivity contribution < 1.29 is 13.9 Å². The summed E-state index contributed by atoms with van der Waals surface area (Å²) in [5.41, 5.74) is 0.311. The topological polar surface area (TPSA) is 48.3 Å². The number of aryl methyl sites for hydroxylation is 1. The second-order valence-electron chi connectivity index (χ2n) is 3.86. The first kappa shape index (κ1) is 12.3. The summed E-state index contributed by atoms with van der Waals surface area (Å²) in [5, 5.41) is 0.434. The van der Waals surface area contributed by atoms with Crippen molar-refractivity contribution in [3.05, 3.63) is 46.5 Å². The van der Waals surface area contributed by atoms with Gasteiger partial charge in [0.1, 0.15) is 5.82 Å². The minimum Gasteiger partial charge on any atom is -0.469 e. The van der Waals surface area contributed by atoms with Gasteiger partial charge in [-0.3, -0.25) is 9.59 Å². The molecule has 0 saturated heterocycles. The number of fused-ring (bicyclic) bond motifs is 1. The molecule has 2 aromatic rings. The van der Waals surface area contributed by atoms with E-state index in [1.807, 2.05) is 0 Å². The summed E-state index contributed by atoms with van der Waals surface area (Å²) in [4.78, 5) is 22.7. The molecular formula is C13H12FNO3. The molecule has 94 valence electrons. The Kier molecular flexibility index (Phi) is 3.41. The molecule has 0 N–H and O–H groups in total. The Morgan fingerprint density at radius 2 is 2.17 bits per heavy atom. The van der Waals surface area contributed by atoms with Gasteiger partial charge in [-0.2, -0.15) is 0 Å².